The molecule has 0 fully saturated rings. The lowest BCUT2D eigenvalue weighted by molar-refractivity contribution is 0.0693. The summed E-state index contributed by atoms with van der Waals surface area (Å²) in [5, 5.41) is 26.3. The van der Waals surface area contributed by atoms with Crippen molar-refractivity contribution in [1.82, 2.24) is 0 Å². The topological polar surface area (TPSA) is 81.3 Å². The number of hydrogen-bond acceptors (Lipinski definition) is 4. The summed E-state index contributed by atoms with van der Waals surface area (Å²) in [5.74, 6) is -1.45. The van der Waals surface area contributed by atoms with Crippen molar-refractivity contribution >= 4 is 18.6 Å². The number of carbonyl (C=O) groups is 1. The maximum atomic E-state index is 10.6. The molecule has 0 bridgehead atoms. The third-order valence-electron chi connectivity index (χ3n) is 1.46. The molecule has 5 heteroatoms. The van der Waals surface area contributed by atoms with Gasteiger partial charge in [0.25, 0.3) is 0 Å². The third kappa shape index (κ3) is 1.73. The Morgan fingerprint density at radius 3 is 2.62 bits per heavy atom. The van der Waals surface area contributed by atoms with Crippen LogP contribution in [0.1, 0.15) is 15.9 Å². The minimum absolute atomic E-state index is 0.0739. The van der Waals surface area contributed by atoms with Crippen molar-refractivity contribution in [2.75, 3.05) is 0 Å². The van der Waals surface area contributed by atoms with Gasteiger partial charge in [-0.15, -0.1) is 12.6 Å². The zero-order valence-corrected chi connectivity index (χ0v) is 7.25. The van der Waals surface area contributed by atoms with E-state index in [4.69, 9.17) is 15.5 Å². The van der Waals surface area contributed by atoms with Crippen LogP contribution in [0.5, 0.6) is 5.75 Å². The summed E-state index contributed by atoms with van der Waals surface area (Å²) in [7, 11) is 0. The van der Waals surface area contributed by atoms with Crippen LogP contribution in [0.25, 0.3) is 0 Å². The lowest BCUT2D eigenvalue weighted by atomic mass is 10.1. The van der Waals surface area contributed by atoms with Crippen molar-refractivity contribution in [3.63, 3.8) is 0 Å². The first-order valence-corrected chi connectivity index (χ1v) is 3.70. The molecule has 0 aliphatic rings. The van der Waals surface area contributed by atoms with Crippen molar-refractivity contribution in [3.8, 4) is 11.8 Å². The molecule has 0 heterocycles. The summed E-state index contributed by atoms with van der Waals surface area (Å²) in [6.45, 7) is 0. The molecule has 0 aliphatic heterocycles. The molecular formula is C8H5NO3S. The van der Waals surface area contributed by atoms with Crippen LogP contribution in [0, 0.1) is 11.3 Å². The molecule has 2 N–H and O–H groups in total. The lowest BCUT2D eigenvalue weighted by Crippen LogP contribution is -1.98. The molecule has 0 atom stereocenters. The molecule has 1 aromatic rings. The van der Waals surface area contributed by atoms with E-state index in [1.165, 1.54) is 0 Å². The number of rotatable bonds is 1. The van der Waals surface area contributed by atoms with Crippen molar-refractivity contribution in [2.24, 2.45) is 0 Å². The summed E-state index contributed by atoms with van der Waals surface area (Å²) in [5.41, 5.74) is -0.173. The fraction of sp³-hybridized carbons (Fsp3) is 0. The first-order valence-electron chi connectivity index (χ1n) is 3.25. The Morgan fingerprint density at radius 1 is 1.54 bits per heavy atom. The SMILES string of the molecule is N#Cc1cc(C(=O)O)c(S)cc1O. The highest BCUT2D eigenvalue weighted by molar-refractivity contribution is 7.80. The average molecular weight is 195 g/mol. The van der Waals surface area contributed by atoms with Crippen molar-refractivity contribution < 1.29 is 15.0 Å². The smallest absolute Gasteiger partial charge is 0.336 e. The van der Waals surface area contributed by atoms with Gasteiger partial charge in [0, 0.05) is 4.90 Å². The summed E-state index contributed by atoms with van der Waals surface area (Å²) in [6.07, 6.45) is 0. The van der Waals surface area contributed by atoms with Gasteiger partial charge in [0.05, 0.1) is 11.1 Å². The average Bonchev–Trinajstić information content (AvgIpc) is 2.03. The van der Waals surface area contributed by atoms with E-state index in [9.17, 15) is 4.79 Å². The monoisotopic (exact) mass is 195 g/mol. The van der Waals surface area contributed by atoms with Gasteiger partial charge in [0.15, 0.2) is 0 Å². The van der Waals surface area contributed by atoms with E-state index in [2.05, 4.69) is 12.6 Å². The van der Waals surface area contributed by atoms with Crippen LogP contribution in [-0.2, 0) is 0 Å². The predicted molar refractivity (Wildman–Crippen MR) is 47.0 cm³/mol. The number of phenolic OH excluding ortho intramolecular Hbond substituents is 1. The first-order chi connectivity index (χ1) is 6.06. The number of thiol groups is 1. The number of aromatic carboxylic acids is 1. The fourth-order valence-electron chi connectivity index (χ4n) is 0.838. The molecule has 0 aliphatic carbocycles. The number of benzene rings is 1. The Kier molecular flexibility index (Phi) is 2.44. The van der Waals surface area contributed by atoms with Gasteiger partial charge in [-0.2, -0.15) is 5.26 Å². The van der Waals surface area contributed by atoms with Crippen LogP contribution in [0.15, 0.2) is 17.0 Å². The van der Waals surface area contributed by atoms with Crippen LogP contribution >= 0.6 is 12.6 Å². The van der Waals surface area contributed by atoms with Crippen molar-refractivity contribution in [3.05, 3.63) is 23.3 Å². The highest BCUT2D eigenvalue weighted by atomic mass is 32.1. The van der Waals surface area contributed by atoms with E-state index < -0.39 is 5.97 Å². The fourth-order valence-corrected chi connectivity index (χ4v) is 1.12. The number of nitriles is 1. The second kappa shape index (κ2) is 3.37. The molecule has 13 heavy (non-hydrogen) atoms. The van der Waals surface area contributed by atoms with E-state index in [1.54, 1.807) is 6.07 Å². The number of hydrogen-bond donors (Lipinski definition) is 3. The molecule has 4 nitrogen and oxygen atoms in total. The maximum absolute atomic E-state index is 10.6. The van der Waals surface area contributed by atoms with E-state index in [0.29, 0.717) is 0 Å². The van der Waals surface area contributed by atoms with Crippen molar-refractivity contribution in [2.45, 2.75) is 4.90 Å². The molecule has 66 valence electrons. The summed E-state index contributed by atoms with van der Waals surface area (Å²) in [4.78, 5) is 10.7. The molecule has 1 rings (SSSR count). The lowest BCUT2D eigenvalue weighted by Gasteiger charge is -2.01. The number of carboxylic acid groups (broad SMARTS) is 1. The number of phenols is 1. The number of aromatic hydroxyl groups is 1. The van der Waals surface area contributed by atoms with Crippen LogP contribution in [-0.4, -0.2) is 16.2 Å². The summed E-state index contributed by atoms with van der Waals surface area (Å²) >= 11 is 3.84. The van der Waals surface area contributed by atoms with Gasteiger partial charge in [-0.3, -0.25) is 0 Å². The molecule has 0 aromatic heterocycles. The van der Waals surface area contributed by atoms with Gasteiger partial charge in [-0.25, -0.2) is 4.79 Å². The van der Waals surface area contributed by atoms with E-state index >= 15 is 0 Å². The Bertz CT molecular complexity index is 409. The van der Waals surface area contributed by atoms with Crippen LogP contribution in [0.4, 0.5) is 0 Å². The van der Waals surface area contributed by atoms with E-state index in [0.717, 1.165) is 12.1 Å². The highest BCUT2D eigenvalue weighted by Crippen LogP contribution is 2.24. The minimum atomic E-state index is -1.18. The molecule has 0 saturated heterocycles. The quantitative estimate of drug-likeness (QED) is 0.589. The Balaban J connectivity index is 3.41. The zero-order chi connectivity index (χ0) is 10.0. The molecule has 0 spiro atoms. The largest absolute Gasteiger partial charge is 0.507 e. The molecule has 0 saturated carbocycles. The van der Waals surface area contributed by atoms with Gasteiger partial charge in [0.2, 0.25) is 0 Å². The second-order valence-corrected chi connectivity index (χ2v) is 2.79. The van der Waals surface area contributed by atoms with Crippen LogP contribution < -0.4 is 0 Å². The van der Waals surface area contributed by atoms with E-state index in [1.807, 2.05) is 0 Å². The Hall–Kier alpha value is -1.67. The normalized spacial score (nSPS) is 9.23. The molecule has 0 amide bonds. The van der Waals surface area contributed by atoms with Crippen LogP contribution in [0.2, 0.25) is 0 Å². The summed E-state index contributed by atoms with van der Waals surface area (Å²) in [6, 6.07) is 3.88. The predicted octanol–water partition coefficient (Wildman–Crippen LogP) is 1.25. The van der Waals surface area contributed by atoms with Gasteiger partial charge in [-0.05, 0) is 12.1 Å². The van der Waals surface area contributed by atoms with Gasteiger partial charge in [0.1, 0.15) is 11.8 Å². The molecule has 1 aromatic carbocycles. The maximum Gasteiger partial charge on any atom is 0.336 e. The molecular weight excluding hydrogens is 190 g/mol. The molecule has 0 unspecified atom stereocenters. The Morgan fingerprint density at radius 2 is 2.15 bits per heavy atom. The molecule has 0 radical (unpaired) electrons. The first kappa shape index (κ1) is 9.42. The van der Waals surface area contributed by atoms with Gasteiger partial charge in [-0.1, -0.05) is 0 Å². The Labute approximate surface area is 79.5 Å². The highest BCUT2D eigenvalue weighted by Gasteiger charge is 2.11. The van der Waals surface area contributed by atoms with Gasteiger partial charge < -0.3 is 10.2 Å². The van der Waals surface area contributed by atoms with Crippen molar-refractivity contribution in [1.29, 1.82) is 5.26 Å². The second-order valence-electron chi connectivity index (χ2n) is 2.30. The zero-order valence-electron chi connectivity index (χ0n) is 6.35. The van der Waals surface area contributed by atoms with E-state index in [-0.39, 0.29) is 21.8 Å². The number of carboxylic acids is 1. The number of nitrogens with zero attached hydrogens (tertiary/aromatic N) is 1. The third-order valence-corrected chi connectivity index (χ3v) is 1.83. The minimum Gasteiger partial charge on any atom is -0.507 e. The van der Waals surface area contributed by atoms with Gasteiger partial charge >= 0.3 is 5.97 Å². The van der Waals surface area contributed by atoms with Crippen LogP contribution in [0.3, 0.4) is 0 Å². The summed E-state index contributed by atoms with van der Waals surface area (Å²) < 4.78 is 0. The standard InChI is InChI=1S/C8H5NO3S/c9-3-4-1-5(8(11)12)7(13)2-6(4)10/h1-2,10,13H,(H,11,12).